The molecule has 126 valence electrons. The van der Waals surface area contributed by atoms with Gasteiger partial charge in [-0.05, 0) is 24.5 Å². The summed E-state index contributed by atoms with van der Waals surface area (Å²) in [6, 6.07) is 13.6. The van der Waals surface area contributed by atoms with E-state index in [1.165, 1.54) is 23.1 Å². The van der Waals surface area contributed by atoms with Crippen LogP contribution in [0.15, 0.2) is 48.7 Å². The summed E-state index contributed by atoms with van der Waals surface area (Å²) in [5.41, 5.74) is 1.48. The number of hydrogen-bond donors (Lipinski definition) is 1. The summed E-state index contributed by atoms with van der Waals surface area (Å²) < 4.78 is 5.12. The Hall–Kier alpha value is -2.80. The Bertz CT molecular complexity index is 906. The lowest BCUT2D eigenvalue weighted by atomic mass is 9.97. The van der Waals surface area contributed by atoms with Crippen molar-refractivity contribution in [1.82, 2.24) is 15.2 Å². The quantitative estimate of drug-likeness (QED) is 0.762. The Labute approximate surface area is 148 Å². The zero-order valence-corrected chi connectivity index (χ0v) is 14.4. The number of carbonyl (C=O) groups excluding carboxylic acids is 1. The minimum absolute atomic E-state index is 0.0455. The van der Waals surface area contributed by atoms with Crippen LogP contribution in [0.5, 0.6) is 5.75 Å². The highest BCUT2D eigenvalue weighted by molar-refractivity contribution is 7.15. The molecule has 1 saturated carbocycles. The highest BCUT2D eigenvalue weighted by atomic mass is 32.1. The van der Waals surface area contributed by atoms with Crippen molar-refractivity contribution in [1.29, 1.82) is 0 Å². The second kappa shape index (κ2) is 6.25. The van der Waals surface area contributed by atoms with Crippen molar-refractivity contribution in [3.8, 4) is 5.75 Å². The van der Waals surface area contributed by atoms with Crippen molar-refractivity contribution in [3.63, 3.8) is 0 Å². The molecule has 1 aromatic carbocycles. The number of rotatable bonds is 5. The normalized spacial score (nSPS) is 14.8. The first-order valence-electron chi connectivity index (χ1n) is 7.92. The third-order valence-electron chi connectivity index (χ3n) is 4.33. The average Bonchev–Trinajstić information content (AvgIpc) is 3.35. The van der Waals surface area contributed by atoms with Crippen molar-refractivity contribution in [2.45, 2.75) is 18.3 Å². The molecule has 0 bridgehead atoms. The van der Waals surface area contributed by atoms with Gasteiger partial charge >= 0.3 is 0 Å². The lowest BCUT2D eigenvalue weighted by molar-refractivity contribution is 0.102. The second-order valence-electron chi connectivity index (χ2n) is 5.90. The fraction of sp³-hybridized carbons (Fsp3) is 0.222. The number of ether oxygens (including phenoxy) is 1. The molecule has 2 heterocycles. The predicted molar refractivity (Wildman–Crippen MR) is 95.1 cm³/mol. The van der Waals surface area contributed by atoms with Crippen molar-refractivity contribution < 1.29 is 9.53 Å². The van der Waals surface area contributed by atoms with E-state index in [2.05, 4.69) is 32.6 Å². The molecule has 1 aliphatic rings. The number of hydrogen-bond acceptors (Lipinski definition) is 6. The molecule has 4 rings (SSSR count). The van der Waals surface area contributed by atoms with E-state index in [0.29, 0.717) is 10.9 Å². The van der Waals surface area contributed by atoms with Crippen LogP contribution in [0.3, 0.4) is 0 Å². The summed E-state index contributed by atoms with van der Waals surface area (Å²) in [6.45, 7) is 0. The number of anilines is 1. The molecule has 0 spiro atoms. The van der Waals surface area contributed by atoms with Gasteiger partial charge in [0.25, 0.3) is 5.91 Å². The molecule has 0 unspecified atom stereocenters. The Kier molecular flexibility index (Phi) is 3.93. The Morgan fingerprint density at radius 2 is 2.00 bits per heavy atom. The van der Waals surface area contributed by atoms with E-state index in [1.54, 1.807) is 19.2 Å². The molecule has 2 aromatic heterocycles. The van der Waals surface area contributed by atoms with Crippen LogP contribution in [0.4, 0.5) is 5.13 Å². The molecule has 1 fully saturated rings. The number of nitrogens with one attached hydrogen (secondary N) is 1. The number of carbonyl (C=O) groups is 1. The van der Waals surface area contributed by atoms with Crippen LogP contribution in [0.1, 0.15) is 33.9 Å². The number of nitrogens with zero attached hydrogens (tertiary/aromatic N) is 3. The van der Waals surface area contributed by atoms with Crippen molar-refractivity contribution in [2.75, 3.05) is 12.4 Å². The molecule has 1 aliphatic carbocycles. The van der Waals surface area contributed by atoms with Crippen LogP contribution in [-0.2, 0) is 5.41 Å². The lowest BCUT2D eigenvalue weighted by Crippen LogP contribution is -2.13. The second-order valence-corrected chi connectivity index (χ2v) is 6.87. The van der Waals surface area contributed by atoms with Gasteiger partial charge in [-0.2, -0.15) is 0 Å². The molecule has 0 aliphatic heterocycles. The molecular formula is C18H16N4O2S. The van der Waals surface area contributed by atoms with Crippen molar-refractivity contribution >= 4 is 22.4 Å². The fourth-order valence-corrected chi connectivity index (χ4v) is 3.81. The van der Waals surface area contributed by atoms with Crippen LogP contribution in [0.2, 0.25) is 0 Å². The van der Waals surface area contributed by atoms with Crippen LogP contribution < -0.4 is 10.1 Å². The molecule has 0 saturated heterocycles. The van der Waals surface area contributed by atoms with Crippen LogP contribution in [0.25, 0.3) is 0 Å². The van der Waals surface area contributed by atoms with E-state index >= 15 is 0 Å². The maximum atomic E-state index is 12.3. The molecule has 1 amide bonds. The summed E-state index contributed by atoms with van der Waals surface area (Å²) >= 11 is 1.42. The molecule has 3 aromatic rings. The zero-order valence-electron chi connectivity index (χ0n) is 13.6. The van der Waals surface area contributed by atoms with Crippen LogP contribution >= 0.6 is 11.3 Å². The van der Waals surface area contributed by atoms with E-state index in [4.69, 9.17) is 4.74 Å². The van der Waals surface area contributed by atoms with E-state index in [-0.39, 0.29) is 17.0 Å². The van der Waals surface area contributed by atoms with Gasteiger partial charge in [-0.25, -0.2) is 0 Å². The van der Waals surface area contributed by atoms with Gasteiger partial charge in [0.15, 0.2) is 0 Å². The SMILES string of the molecule is COc1ccnc(C(=O)Nc2nnc(C3(c4ccccc4)CC3)s2)c1. The first-order chi connectivity index (χ1) is 12.2. The zero-order chi connectivity index (χ0) is 17.3. The smallest absolute Gasteiger partial charge is 0.276 e. The van der Waals surface area contributed by atoms with Gasteiger partial charge in [-0.3, -0.25) is 15.1 Å². The summed E-state index contributed by atoms with van der Waals surface area (Å²) in [7, 11) is 1.55. The largest absolute Gasteiger partial charge is 0.497 e. The number of pyridine rings is 1. The topological polar surface area (TPSA) is 77.0 Å². The van der Waals surface area contributed by atoms with Gasteiger partial charge in [0.1, 0.15) is 16.5 Å². The lowest BCUT2D eigenvalue weighted by Gasteiger charge is -2.11. The van der Waals surface area contributed by atoms with Gasteiger partial charge in [0.05, 0.1) is 7.11 Å². The maximum absolute atomic E-state index is 12.3. The van der Waals surface area contributed by atoms with E-state index in [1.807, 2.05) is 18.2 Å². The van der Waals surface area contributed by atoms with Crippen molar-refractivity contribution in [2.24, 2.45) is 0 Å². The average molecular weight is 352 g/mol. The van der Waals surface area contributed by atoms with E-state index in [9.17, 15) is 4.79 Å². The van der Waals surface area contributed by atoms with Gasteiger partial charge < -0.3 is 4.74 Å². The van der Waals surface area contributed by atoms with Crippen LogP contribution in [0, 0.1) is 0 Å². The van der Waals surface area contributed by atoms with Gasteiger partial charge in [0.2, 0.25) is 5.13 Å². The third kappa shape index (κ3) is 2.98. The minimum atomic E-state index is -0.328. The summed E-state index contributed by atoms with van der Waals surface area (Å²) in [5, 5.41) is 12.6. The number of amides is 1. The van der Waals surface area contributed by atoms with E-state index in [0.717, 1.165) is 17.8 Å². The number of benzene rings is 1. The fourth-order valence-electron chi connectivity index (χ4n) is 2.80. The van der Waals surface area contributed by atoms with Gasteiger partial charge in [0, 0.05) is 17.7 Å². The first-order valence-corrected chi connectivity index (χ1v) is 8.74. The molecule has 25 heavy (non-hydrogen) atoms. The van der Waals surface area contributed by atoms with Gasteiger partial charge in [-0.1, -0.05) is 41.7 Å². The Morgan fingerprint density at radius 3 is 2.72 bits per heavy atom. The molecule has 7 heteroatoms. The predicted octanol–water partition coefficient (Wildman–Crippen LogP) is 3.27. The summed E-state index contributed by atoms with van der Waals surface area (Å²) in [5.74, 6) is 0.255. The third-order valence-corrected chi connectivity index (χ3v) is 5.37. The molecule has 0 atom stereocenters. The highest BCUT2D eigenvalue weighted by Crippen LogP contribution is 2.54. The Balaban J connectivity index is 1.53. The van der Waals surface area contributed by atoms with Crippen molar-refractivity contribution in [3.05, 3.63) is 64.9 Å². The standard InChI is InChI=1S/C18H16N4O2S/c1-24-13-7-10-19-14(11-13)15(23)20-17-22-21-16(25-17)18(8-9-18)12-5-3-2-4-6-12/h2-7,10-11H,8-9H2,1H3,(H,20,22,23). The van der Waals surface area contributed by atoms with E-state index < -0.39 is 0 Å². The minimum Gasteiger partial charge on any atom is -0.497 e. The number of aromatic nitrogens is 3. The molecule has 1 N–H and O–H groups in total. The molecular weight excluding hydrogens is 336 g/mol. The monoisotopic (exact) mass is 352 g/mol. The number of methoxy groups -OCH3 is 1. The molecule has 6 nitrogen and oxygen atoms in total. The van der Waals surface area contributed by atoms with Gasteiger partial charge in [-0.15, -0.1) is 10.2 Å². The summed E-state index contributed by atoms with van der Waals surface area (Å²) in [6.07, 6.45) is 3.64. The molecule has 0 radical (unpaired) electrons. The summed E-state index contributed by atoms with van der Waals surface area (Å²) in [4.78, 5) is 16.4. The Morgan fingerprint density at radius 1 is 1.20 bits per heavy atom. The first kappa shape index (κ1) is 15.7. The highest BCUT2D eigenvalue weighted by Gasteiger charge is 2.48. The van der Waals surface area contributed by atoms with Crippen LogP contribution in [-0.4, -0.2) is 28.2 Å². The maximum Gasteiger partial charge on any atom is 0.276 e.